The second kappa shape index (κ2) is 8.35. The number of aliphatic hydroxyl groups excluding tert-OH is 1. The van der Waals surface area contributed by atoms with Crippen LogP contribution >= 0.6 is 11.3 Å². The Labute approximate surface area is 185 Å². The quantitative estimate of drug-likeness (QED) is 0.523. The summed E-state index contributed by atoms with van der Waals surface area (Å²) in [6.45, 7) is 5.82. The Morgan fingerprint density at radius 3 is 2.48 bits per heavy atom. The zero-order valence-corrected chi connectivity index (χ0v) is 18.4. The number of carbonyl (C=O) groups is 1. The topological polar surface area (TPSA) is 86.5 Å². The fourth-order valence-corrected chi connectivity index (χ4v) is 4.23. The first kappa shape index (κ1) is 20.8. The monoisotopic (exact) mass is 433 g/mol. The van der Waals surface area contributed by atoms with E-state index in [1.165, 1.54) is 16.9 Å². The van der Waals surface area contributed by atoms with E-state index in [1.54, 1.807) is 43.0 Å². The number of ether oxygens (including phenoxy) is 1. The summed E-state index contributed by atoms with van der Waals surface area (Å²) in [4.78, 5) is 18.4. The van der Waals surface area contributed by atoms with Crippen LogP contribution in [0.1, 0.15) is 34.8 Å². The van der Waals surface area contributed by atoms with Crippen LogP contribution in [0.4, 0.5) is 5.69 Å². The van der Waals surface area contributed by atoms with E-state index in [1.807, 2.05) is 36.6 Å². The van der Waals surface area contributed by atoms with Crippen LogP contribution in [0.15, 0.2) is 59.7 Å². The Hall–Kier alpha value is -3.45. The third-order valence-electron chi connectivity index (χ3n) is 4.93. The van der Waals surface area contributed by atoms with E-state index < -0.39 is 0 Å². The maximum Gasteiger partial charge on any atom is 0.338 e. The molecule has 1 aromatic heterocycles. The van der Waals surface area contributed by atoms with Crippen molar-refractivity contribution in [3.63, 3.8) is 0 Å². The molecule has 0 amide bonds. The first-order valence-corrected chi connectivity index (χ1v) is 10.8. The normalized spacial score (nSPS) is 13.9. The predicted octanol–water partition coefficient (Wildman–Crippen LogP) is 5.45. The highest BCUT2D eigenvalue weighted by atomic mass is 32.1. The number of hydrogen-bond donors (Lipinski definition) is 2. The van der Waals surface area contributed by atoms with Crippen LogP contribution in [0.25, 0.3) is 16.8 Å². The molecular weight excluding hydrogens is 410 g/mol. The van der Waals surface area contributed by atoms with Gasteiger partial charge >= 0.3 is 5.97 Å². The molecule has 6 nitrogen and oxygen atoms in total. The van der Waals surface area contributed by atoms with E-state index in [2.05, 4.69) is 4.98 Å². The number of anilines is 1. The molecular formula is C24H23N3O3S. The molecule has 3 aromatic rings. The summed E-state index contributed by atoms with van der Waals surface area (Å²) in [7, 11) is 0. The highest BCUT2D eigenvalue weighted by molar-refractivity contribution is 7.11. The number of esters is 1. The maximum absolute atomic E-state index is 12.0. The minimum atomic E-state index is -0.383. The smallest absolute Gasteiger partial charge is 0.338 e. The van der Waals surface area contributed by atoms with Crippen LogP contribution in [-0.4, -0.2) is 34.5 Å². The molecule has 0 spiro atoms. The summed E-state index contributed by atoms with van der Waals surface area (Å²) in [5.41, 5.74) is 4.59. The van der Waals surface area contributed by atoms with Gasteiger partial charge in [-0.15, -0.1) is 11.3 Å². The van der Waals surface area contributed by atoms with Gasteiger partial charge in [0.15, 0.2) is 0 Å². The van der Waals surface area contributed by atoms with Gasteiger partial charge < -0.3 is 14.7 Å². The number of benzene rings is 2. The van der Waals surface area contributed by atoms with E-state index >= 15 is 0 Å². The predicted molar refractivity (Wildman–Crippen MR) is 124 cm³/mol. The van der Waals surface area contributed by atoms with Crippen molar-refractivity contribution < 1.29 is 14.6 Å². The molecule has 0 fully saturated rings. The second-order valence-corrected chi connectivity index (χ2v) is 8.52. The molecule has 0 saturated carbocycles. The van der Waals surface area contributed by atoms with Gasteiger partial charge in [-0.1, -0.05) is 29.8 Å². The van der Waals surface area contributed by atoms with Gasteiger partial charge in [0.2, 0.25) is 0 Å². The van der Waals surface area contributed by atoms with Crippen molar-refractivity contribution >= 4 is 34.4 Å². The number of amidine groups is 1. The zero-order chi connectivity index (χ0) is 22.1. The Bertz CT molecular complexity index is 1160. The van der Waals surface area contributed by atoms with Crippen molar-refractivity contribution in [3.05, 3.63) is 75.8 Å². The SMILES string of the molecule is Cc1ccc(-c2csc(C3=C(O)CN(c4ccc(C(=O)OC(C)C)cc4)C3=N)n2)cc1. The Kier molecular flexibility index (Phi) is 5.61. The van der Waals surface area contributed by atoms with Crippen LogP contribution in [0.2, 0.25) is 0 Å². The van der Waals surface area contributed by atoms with Crippen molar-refractivity contribution in [3.8, 4) is 11.3 Å². The molecule has 0 unspecified atom stereocenters. The molecule has 4 rings (SSSR count). The molecule has 0 radical (unpaired) electrons. The molecule has 0 atom stereocenters. The maximum atomic E-state index is 12.0. The summed E-state index contributed by atoms with van der Waals surface area (Å²) >= 11 is 1.40. The molecule has 1 aliphatic rings. The number of carbonyl (C=O) groups excluding carboxylic acids is 1. The average Bonchev–Trinajstić information content (AvgIpc) is 3.32. The molecule has 0 aliphatic carbocycles. The molecule has 1 aliphatic heterocycles. The Morgan fingerprint density at radius 1 is 1.16 bits per heavy atom. The standard InChI is InChI=1S/C24H23N3O3S/c1-14(2)30-24(29)17-8-10-18(11-9-17)27-12-20(28)21(22(27)25)23-26-19(13-31-23)16-6-4-15(3)5-7-16/h4-11,13-14,25,28H,12H2,1-3H3. The number of nitrogens with zero attached hydrogens (tertiary/aromatic N) is 2. The number of rotatable bonds is 5. The van der Waals surface area contributed by atoms with Crippen molar-refractivity contribution in [2.45, 2.75) is 26.9 Å². The molecule has 2 N–H and O–H groups in total. The summed E-state index contributed by atoms with van der Waals surface area (Å²) in [5.74, 6) is -0.0935. The van der Waals surface area contributed by atoms with Gasteiger partial charge in [-0.3, -0.25) is 5.41 Å². The first-order valence-electron chi connectivity index (χ1n) is 9.96. The number of nitrogens with one attached hydrogen (secondary N) is 1. The van der Waals surface area contributed by atoms with Gasteiger partial charge in [0, 0.05) is 16.6 Å². The van der Waals surface area contributed by atoms with Crippen molar-refractivity contribution in [2.75, 3.05) is 11.4 Å². The minimum absolute atomic E-state index is 0.109. The minimum Gasteiger partial charge on any atom is -0.510 e. The van der Waals surface area contributed by atoms with Crippen LogP contribution in [0.3, 0.4) is 0 Å². The van der Waals surface area contributed by atoms with Gasteiger partial charge in [-0.05, 0) is 45.0 Å². The third kappa shape index (κ3) is 4.22. The van der Waals surface area contributed by atoms with E-state index in [0.717, 1.165) is 11.3 Å². The van der Waals surface area contributed by atoms with E-state index in [0.29, 0.717) is 21.8 Å². The van der Waals surface area contributed by atoms with Crippen LogP contribution in [-0.2, 0) is 4.74 Å². The molecule has 31 heavy (non-hydrogen) atoms. The lowest BCUT2D eigenvalue weighted by molar-refractivity contribution is 0.0378. The summed E-state index contributed by atoms with van der Waals surface area (Å²) < 4.78 is 5.21. The Morgan fingerprint density at radius 2 is 1.84 bits per heavy atom. The lowest BCUT2D eigenvalue weighted by Gasteiger charge is -2.19. The van der Waals surface area contributed by atoms with Gasteiger partial charge in [0.05, 0.1) is 29.5 Å². The molecule has 7 heteroatoms. The Balaban J connectivity index is 1.54. The number of aryl methyl sites for hydroxylation is 1. The van der Waals surface area contributed by atoms with E-state index in [-0.39, 0.29) is 30.2 Å². The lowest BCUT2D eigenvalue weighted by atomic mass is 10.1. The van der Waals surface area contributed by atoms with Crippen LogP contribution in [0, 0.1) is 12.3 Å². The van der Waals surface area contributed by atoms with Gasteiger partial charge in [-0.25, -0.2) is 9.78 Å². The summed E-state index contributed by atoms with van der Waals surface area (Å²) in [5, 5.41) is 21.8. The second-order valence-electron chi connectivity index (χ2n) is 7.66. The van der Waals surface area contributed by atoms with Gasteiger partial charge in [-0.2, -0.15) is 0 Å². The molecule has 0 saturated heterocycles. The van der Waals surface area contributed by atoms with Gasteiger partial charge in [0.25, 0.3) is 0 Å². The highest BCUT2D eigenvalue weighted by Crippen LogP contribution is 2.34. The fourth-order valence-electron chi connectivity index (χ4n) is 3.33. The summed E-state index contributed by atoms with van der Waals surface area (Å²) in [6.07, 6.45) is -0.189. The first-order chi connectivity index (χ1) is 14.8. The van der Waals surface area contributed by atoms with E-state index in [4.69, 9.17) is 10.1 Å². The summed E-state index contributed by atoms with van der Waals surface area (Å²) in [6, 6.07) is 14.9. The van der Waals surface area contributed by atoms with Crippen LogP contribution in [0.5, 0.6) is 0 Å². The lowest BCUT2D eigenvalue weighted by Crippen LogP contribution is -2.26. The number of aliphatic hydroxyl groups is 1. The molecule has 0 bridgehead atoms. The number of hydrogen-bond acceptors (Lipinski definition) is 6. The molecule has 158 valence electrons. The third-order valence-corrected chi connectivity index (χ3v) is 5.79. The van der Waals surface area contributed by atoms with Crippen molar-refractivity contribution in [1.29, 1.82) is 5.41 Å². The van der Waals surface area contributed by atoms with Crippen molar-refractivity contribution in [2.24, 2.45) is 0 Å². The fraction of sp³-hybridized carbons (Fsp3) is 0.208. The molecule has 2 heterocycles. The number of aromatic nitrogens is 1. The van der Waals surface area contributed by atoms with Crippen molar-refractivity contribution in [1.82, 2.24) is 4.98 Å². The average molecular weight is 434 g/mol. The van der Waals surface area contributed by atoms with Gasteiger partial charge in [0.1, 0.15) is 16.6 Å². The van der Waals surface area contributed by atoms with E-state index in [9.17, 15) is 9.90 Å². The molecule has 2 aromatic carbocycles. The highest BCUT2D eigenvalue weighted by Gasteiger charge is 2.31. The zero-order valence-electron chi connectivity index (χ0n) is 17.5. The van der Waals surface area contributed by atoms with Crippen LogP contribution < -0.4 is 4.90 Å². The largest absolute Gasteiger partial charge is 0.510 e. The number of thiazole rings is 1.